The standard InChI is InChI=1S/C17H25NO5/c1-17(2,3)23-10-9-13(16(20)21)18-15(19)11-12-7-5-6-8-14(12)22-4/h5-8,13H,9-11H2,1-4H3,(H,18,19)(H,20,21). The fourth-order valence-corrected chi connectivity index (χ4v) is 2.01. The van der Waals surface area contributed by atoms with Crippen LogP contribution in [0.25, 0.3) is 0 Å². The predicted octanol–water partition coefficient (Wildman–Crippen LogP) is 2.01. The molecule has 6 nitrogen and oxygen atoms in total. The van der Waals surface area contributed by atoms with Crippen LogP contribution < -0.4 is 10.1 Å². The van der Waals surface area contributed by atoms with Crippen LogP contribution in [0, 0.1) is 0 Å². The monoisotopic (exact) mass is 323 g/mol. The van der Waals surface area contributed by atoms with Crippen LogP contribution in [0.5, 0.6) is 5.75 Å². The fourth-order valence-electron chi connectivity index (χ4n) is 2.01. The van der Waals surface area contributed by atoms with E-state index < -0.39 is 12.0 Å². The summed E-state index contributed by atoms with van der Waals surface area (Å²) in [4.78, 5) is 23.4. The van der Waals surface area contributed by atoms with Gasteiger partial charge in [0.2, 0.25) is 5.91 Å². The third kappa shape index (κ3) is 7.15. The van der Waals surface area contributed by atoms with Crippen LogP contribution in [-0.4, -0.2) is 42.3 Å². The van der Waals surface area contributed by atoms with E-state index in [1.54, 1.807) is 18.2 Å². The smallest absolute Gasteiger partial charge is 0.326 e. The average molecular weight is 323 g/mol. The number of nitrogens with one attached hydrogen (secondary N) is 1. The van der Waals surface area contributed by atoms with E-state index in [0.717, 1.165) is 0 Å². The number of carbonyl (C=O) groups is 2. The van der Waals surface area contributed by atoms with E-state index in [0.29, 0.717) is 11.3 Å². The van der Waals surface area contributed by atoms with Crippen LogP contribution in [0.2, 0.25) is 0 Å². The van der Waals surface area contributed by atoms with E-state index in [1.165, 1.54) is 7.11 Å². The Morgan fingerprint density at radius 2 is 1.91 bits per heavy atom. The molecule has 1 atom stereocenters. The molecule has 0 aliphatic heterocycles. The number of carboxylic acids is 1. The van der Waals surface area contributed by atoms with Gasteiger partial charge < -0.3 is 19.9 Å². The molecule has 0 aliphatic rings. The Labute approximate surface area is 136 Å². The molecule has 0 aromatic heterocycles. The highest BCUT2D eigenvalue weighted by Crippen LogP contribution is 2.17. The summed E-state index contributed by atoms with van der Waals surface area (Å²) < 4.78 is 10.7. The number of ether oxygens (including phenoxy) is 2. The lowest BCUT2D eigenvalue weighted by Gasteiger charge is -2.21. The van der Waals surface area contributed by atoms with Crippen molar-refractivity contribution in [3.05, 3.63) is 29.8 Å². The number of carboxylic acid groups (broad SMARTS) is 1. The number of amides is 1. The van der Waals surface area contributed by atoms with Gasteiger partial charge in [-0.3, -0.25) is 4.79 Å². The van der Waals surface area contributed by atoms with E-state index in [2.05, 4.69) is 5.32 Å². The van der Waals surface area contributed by atoms with Crippen molar-refractivity contribution in [3.8, 4) is 5.75 Å². The Morgan fingerprint density at radius 3 is 2.48 bits per heavy atom. The lowest BCUT2D eigenvalue weighted by atomic mass is 10.1. The van der Waals surface area contributed by atoms with Crippen LogP contribution in [0.15, 0.2) is 24.3 Å². The van der Waals surface area contributed by atoms with Crippen molar-refractivity contribution in [2.75, 3.05) is 13.7 Å². The number of rotatable bonds is 8. The summed E-state index contributed by atoms with van der Waals surface area (Å²) in [5, 5.41) is 11.8. The minimum atomic E-state index is -1.07. The maximum absolute atomic E-state index is 12.1. The molecule has 0 radical (unpaired) electrons. The quantitative estimate of drug-likeness (QED) is 0.764. The fraction of sp³-hybridized carbons (Fsp3) is 0.529. The molecule has 1 amide bonds. The Hall–Kier alpha value is -2.08. The van der Waals surface area contributed by atoms with Crippen molar-refractivity contribution in [1.29, 1.82) is 0 Å². The lowest BCUT2D eigenvalue weighted by Crippen LogP contribution is -2.42. The third-order valence-electron chi connectivity index (χ3n) is 3.12. The van der Waals surface area contributed by atoms with E-state index in [9.17, 15) is 14.7 Å². The first-order chi connectivity index (χ1) is 10.7. The van der Waals surface area contributed by atoms with Crippen molar-refractivity contribution in [3.63, 3.8) is 0 Å². The molecule has 0 spiro atoms. The molecular formula is C17H25NO5. The highest BCUT2D eigenvalue weighted by atomic mass is 16.5. The first-order valence-electron chi connectivity index (χ1n) is 7.51. The van der Waals surface area contributed by atoms with Gasteiger partial charge in [0.15, 0.2) is 0 Å². The van der Waals surface area contributed by atoms with E-state index in [1.807, 2.05) is 26.8 Å². The second kappa shape index (κ2) is 8.53. The van der Waals surface area contributed by atoms with Gasteiger partial charge in [-0.05, 0) is 26.8 Å². The first kappa shape index (κ1) is 19.0. The van der Waals surface area contributed by atoms with Crippen molar-refractivity contribution in [2.45, 2.75) is 45.3 Å². The number of hydrogen-bond donors (Lipinski definition) is 2. The molecule has 23 heavy (non-hydrogen) atoms. The predicted molar refractivity (Wildman–Crippen MR) is 86.6 cm³/mol. The van der Waals surface area contributed by atoms with E-state index in [4.69, 9.17) is 9.47 Å². The largest absolute Gasteiger partial charge is 0.496 e. The van der Waals surface area contributed by atoms with Gasteiger partial charge in [-0.2, -0.15) is 0 Å². The number of hydrogen-bond acceptors (Lipinski definition) is 4. The normalized spacial score (nSPS) is 12.5. The van der Waals surface area contributed by atoms with E-state index in [-0.39, 0.29) is 31.0 Å². The molecule has 6 heteroatoms. The zero-order valence-electron chi connectivity index (χ0n) is 14.1. The Kier molecular flexibility index (Phi) is 7.03. The lowest BCUT2D eigenvalue weighted by molar-refractivity contribution is -0.142. The van der Waals surface area contributed by atoms with Crippen LogP contribution in [-0.2, 0) is 20.7 Å². The molecule has 1 unspecified atom stereocenters. The summed E-state index contributed by atoms with van der Waals surface area (Å²) in [6.07, 6.45) is 0.276. The number of carbonyl (C=O) groups excluding carboxylic acids is 1. The molecule has 0 saturated carbocycles. The number of para-hydroxylation sites is 1. The van der Waals surface area contributed by atoms with Gasteiger partial charge in [0.05, 0.1) is 19.1 Å². The number of benzene rings is 1. The maximum Gasteiger partial charge on any atom is 0.326 e. The second-order valence-corrected chi connectivity index (χ2v) is 6.20. The maximum atomic E-state index is 12.1. The summed E-state index contributed by atoms with van der Waals surface area (Å²) in [5.74, 6) is -0.834. The summed E-state index contributed by atoms with van der Waals surface area (Å²) in [6, 6.07) is 6.17. The Balaban J connectivity index is 2.59. The van der Waals surface area contributed by atoms with Crippen LogP contribution in [0.4, 0.5) is 0 Å². The zero-order chi connectivity index (χ0) is 17.5. The third-order valence-corrected chi connectivity index (χ3v) is 3.12. The zero-order valence-corrected chi connectivity index (χ0v) is 14.1. The molecule has 0 aliphatic carbocycles. The summed E-state index contributed by atoms with van der Waals surface area (Å²) in [6.45, 7) is 5.94. The van der Waals surface area contributed by atoms with Crippen molar-refractivity contribution >= 4 is 11.9 Å². The Bertz CT molecular complexity index is 536. The van der Waals surface area contributed by atoms with Gasteiger partial charge in [0.25, 0.3) is 0 Å². The summed E-state index contributed by atoms with van der Waals surface area (Å²) >= 11 is 0. The molecule has 1 aromatic carbocycles. The van der Waals surface area contributed by atoms with Crippen molar-refractivity contribution in [1.82, 2.24) is 5.32 Å². The topological polar surface area (TPSA) is 84.9 Å². The van der Waals surface area contributed by atoms with Crippen molar-refractivity contribution < 1.29 is 24.2 Å². The molecule has 0 heterocycles. The van der Waals surface area contributed by atoms with Crippen molar-refractivity contribution in [2.24, 2.45) is 0 Å². The molecule has 2 N–H and O–H groups in total. The molecule has 0 saturated heterocycles. The SMILES string of the molecule is COc1ccccc1CC(=O)NC(CCOC(C)(C)C)C(=O)O. The van der Waals surface area contributed by atoms with Gasteiger partial charge in [-0.15, -0.1) is 0 Å². The van der Waals surface area contributed by atoms with Gasteiger partial charge in [0.1, 0.15) is 11.8 Å². The second-order valence-electron chi connectivity index (χ2n) is 6.20. The van der Waals surface area contributed by atoms with Crippen LogP contribution in [0.3, 0.4) is 0 Å². The van der Waals surface area contributed by atoms with Gasteiger partial charge in [0, 0.05) is 18.6 Å². The summed E-state index contributed by atoms with van der Waals surface area (Å²) in [5.41, 5.74) is 0.368. The highest BCUT2D eigenvalue weighted by Gasteiger charge is 2.21. The first-order valence-corrected chi connectivity index (χ1v) is 7.51. The minimum absolute atomic E-state index is 0.0634. The molecule has 0 bridgehead atoms. The summed E-state index contributed by atoms with van der Waals surface area (Å²) in [7, 11) is 1.53. The number of methoxy groups -OCH3 is 1. The van der Waals surface area contributed by atoms with Gasteiger partial charge in [-0.25, -0.2) is 4.79 Å². The van der Waals surface area contributed by atoms with Gasteiger partial charge in [-0.1, -0.05) is 18.2 Å². The van der Waals surface area contributed by atoms with Crippen LogP contribution in [0.1, 0.15) is 32.8 Å². The Morgan fingerprint density at radius 1 is 1.26 bits per heavy atom. The van der Waals surface area contributed by atoms with Crippen LogP contribution >= 0.6 is 0 Å². The van der Waals surface area contributed by atoms with E-state index >= 15 is 0 Å². The molecule has 1 rings (SSSR count). The highest BCUT2D eigenvalue weighted by molar-refractivity contribution is 5.85. The average Bonchev–Trinajstić information content (AvgIpc) is 2.45. The molecule has 0 fully saturated rings. The molecule has 128 valence electrons. The molecular weight excluding hydrogens is 298 g/mol. The van der Waals surface area contributed by atoms with Gasteiger partial charge >= 0.3 is 5.97 Å². The molecule has 1 aromatic rings. The number of aliphatic carboxylic acids is 1. The minimum Gasteiger partial charge on any atom is -0.496 e.